The SMILES string of the molecule is Cc1cc(Oc2cc(C3=N[C@](C)(C(C(C)C)C(C)C)CO3)cc(-c3c(C)cc(C)cc3C)c2)cc(N2c3ccc(C(C)(C)C)cc3C(C)(C)c3c(C)ccnc32)c1. The molecule has 1 atom stereocenters. The number of nitrogens with zero attached hydrogens (tertiary/aromatic N) is 3. The molecule has 0 amide bonds. The van der Waals surface area contributed by atoms with Crippen LogP contribution in [0.3, 0.4) is 0 Å². The second kappa shape index (κ2) is 14.5. The average Bonchev–Trinajstić information content (AvgIpc) is 3.48. The lowest BCUT2D eigenvalue weighted by molar-refractivity contribution is 0.129. The number of benzene rings is 4. The molecular formula is C52H63N3O2. The molecular weight excluding hydrogens is 699 g/mol. The molecule has 0 fully saturated rings. The summed E-state index contributed by atoms with van der Waals surface area (Å²) in [6, 6.07) is 26.6. The summed E-state index contributed by atoms with van der Waals surface area (Å²) in [5, 5.41) is 0. The largest absolute Gasteiger partial charge is 0.475 e. The minimum Gasteiger partial charge on any atom is -0.475 e. The molecule has 5 aromatic rings. The van der Waals surface area contributed by atoms with Crippen LogP contribution in [-0.2, 0) is 15.6 Å². The molecule has 2 aliphatic heterocycles. The summed E-state index contributed by atoms with van der Waals surface area (Å²) < 4.78 is 13.5. The first-order valence-electron chi connectivity index (χ1n) is 20.8. The quantitative estimate of drug-likeness (QED) is 0.158. The van der Waals surface area contributed by atoms with Gasteiger partial charge in [0, 0.05) is 28.8 Å². The maximum atomic E-state index is 6.98. The van der Waals surface area contributed by atoms with Gasteiger partial charge >= 0.3 is 0 Å². The van der Waals surface area contributed by atoms with E-state index in [2.05, 4.69) is 182 Å². The molecule has 0 saturated carbocycles. The Morgan fingerprint density at radius 2 is 1.35 bits per heavy atom. The number of hydrogen-bond acceptors (Lipinski definition) is 5. The molecule has 0 unspecified atom stereocenters. The molecule has 5 heteroatoms. The van der Waals surface area contributed by atoms with E-state index in [-0.39, 0.29) is 16.4 Å². The zero-order valence-corrected chi connectivity index (χ0v) is 37.1. The molecule has 0 bridgehead atoms. The van der Waals surface area contributed by atoms with E-state index in [1.54, 1.807) is 0 Å². The predicted molar refractivity (Wildman–Crippen MR) is 239 cm³/mol. The molecule has 0 spiro atoms. The minimum absolute atomic E-state index is 0.0197. The number of aromatic nitrogens is 1. The zero-order chi connectivity index (χ0) is 41.4. The Morgan fingerprint density at radius 3 is 2.00 bits per heavy atom. The highest BCUT2D eigenvalue weighted by atomic mass is 16.5. The van der Waals surface area contributed by atoms with Crippen LogP contribution in [0.5, 0.6) is 11.5 Å². The van der Waals surface area contributed by atoms with Crippen LogP contribution in [0.1, 0.15) is 119 Å². The molecule has 4 aromatic carbocycles. The number of ether oxygens (including phenoxy) is 2. The highest BCUT2D eigenvalue weighted by Crippen LogP contribution is 2.53. The van der Waals surface area contributed by atoms with E-state index in [0.717, 1.165) is 45.4 Å². The maximum absolute atomic E-state index is 6.98. The molecule has 3 heterocycles. The fourth-order valence-corrected chi connectivity index (χ4v) is 10.3. The van der Waals surface area contributed by atoms with Gasteiger partial charge in [-0.25, -0.2) is 9.98 Å². The molecule has 0 aliphatic carbocycles. The van der Waals surface area contributed by atoms with E-state index in [1.807, 2.05) is 6.20 Å². The third-order valence-electron chi connectivity index (χ3n) is 12.4. The molecule has 57 heavy (non-hydrogen) atoms. The van der Waals surface area contributed by atoms with Crippen molar-refractivity contribution in [3.05, 3.63) is 129 Å². The molecule has 7 rings (SSSR count). The number of rotatable bonds is 8. The predicted octanol–water partition coefficient (Wildman–Crippen LogP) is 14.0. The van der Waals surface area contributed by atoms with E-state index in [4.69, 9.17) is 19.5 Å². The van der Waals surface area contributed by atoms with Gasteiger partial charge in [-0.15, -0.1) is 0 Å². The Labute approximate surface area is 342 Å². The topological polar surface area (TPSA) is 47.0 Å². The van der Waals surface area contributed by atoms with Crippen molar-refractivity contribution in [1.29, 1.82) is 0 Å². The van der Waals surface area contributed by atoms with Crippen LogP contribution in [0.2, 0.25) is 0 Å². The Morgan fingerprint density at radius 1 is 0.719 bits per heavy atom. The van der Waals surface area contributed by atoms with Crippen LogP contribution in [0.15, 0.2) is 84.0 Å². The Kier molecular flexibility index (Phi) is 10.2. The van der Waals surface area contributed by atoms with Crippen molar-refractivity contribution in [3.8, 4) is 22.6 Å². The van der Waals surface area contributed by atoms with Gasteiger partial charge in [-0.1, -0.05) is 92.1 Å². The van der Waals surface area contributed by atoms with Crippen LogP contribution >= 0.6 is 0 Å². The maximum Gasteiger partial charge on any atom is 0.216 e. The van der Waals surface area contributed by atoms with Crippen molar-refractivity contribution in [2.45, 2.75) is 120 Å². The van der Waals surface area contributed by atoms with Crippen LogP contribution < -0.4 is 9.64 Å². The van der Waals surface area contributed by atoms with E-state index < -0.39 is 0 Å². The van der Waals surface area contributed by atoms with Crippen LogP contribution in [0, 0.1) is 52.4 Å². The fourth-order valence-electron chi connectivity index (χ4n) is 10.3. The van der Waals surface area contributed by atoms with Gasteiger partial charge < -0.3 is 9.47 Å². The van der Waals surface area contributed by atoms with Crippen molar-refractivity contribution < 1.29 is 9.47 Å². The van der Waals surface area contributed by atoms with E-state index in [0.29, 0.717) is 30.3 Å². The lowest BCUT2D eigenvalue weighted by Gasteiger charge is -2.42. The number of hydrogen-bond donors (Lipinski definition) is 0. The molecule has 5 nitrogen and oxygen atoms in total. The second-order valence-electron chi connectivity index (χ2n) is 19.5. The van der Waals surface area contributed by atoms with Crippen molar-refractivity contribution in [1.82, 2.24) is 4.98 Å². The highest BCUT2D eigenvalue weighted by Gasteiger charge is 2.43. The lowest BCUT2D eigenvalue weighted by Crippen LogP contribution is -2.40. The summed E-state index contributed by atoms with van der Waals surface area (Å²) in [5.41, 5.74) is 14.8. The van der Waals surface area contributed by atoms with Gasteiger partial charge in [0.15, 0.2) is 0 Å². The summed E-state index contributed by atoms with van der Waals surface area (Å²) in [6.45, 7) is 34.5. The number of fused-ring (bicyclic) bond motifs is 2. The molecule has 2 aliphatic rings. The minimum atomic E-state index is -0.314. The standard InChI is InChI=1S/C52H63N3O2/c1-30(2)46(31(3)4)52(15)29-56-49(54-52)38-24-37(45-35(8)20-32(5)21-36(45)9)25-42(26-38)57-41-23-33(6)22-40(28-41)55-44-17-16-39(50(10,11)12)27-43(44)51(13,14)47-34(7)18-19-53-48(47)55/h16-28,30-31,46H,29H2,1-15H3/t52-/m0/s1. The highest BCUT2D eigenvalue weighted by molar-refractivity contribution is 5.97. The van der Waals surface area contributed by atoms with Crippen molar-refractivity contribution in [2.75, 3.05) is 11.5 Å². The van der Waals surface area contributed by atoms with Gasteiger partial charge in [-0.05, 0) is 152 Å². The van der Waals surface area contributed by atoms with Crippen molar-refractivity contribution in [3.63, 3.8) is 0 Å². The van der Waals surface area contributed by atoms with E-state index >= 15 is 0 Å². The monoisotopic (exact) mass is 761 g/mol. The van der Waals surface area contributed by atoms with Crippen LogP contribution in [0.25, 0.3) is 11.1 Å². The number of anilines is 3. The summed E-state index contributed by atoms with van der Waals surface area (Å²) in [7, 11) is 0. The molecule has 298 valence electrons. The molecule has 0 saturated heterocycles. The number of aliphatic imine (C=N–C) groups is 1. The molecule has 0 N–H and O–H groups in total. The average molecular weight is 762 g/mol. The third-order valence-corrected chi connectivity index (χ3v) is 12.4. The molecule has 1 aromatic heterocycles. The Balaban J connectivity index is 1.37. The van der Waals surface area contributed by atoms with Crippen molar-refractivity contribution >= 4 is 23.1 Å². The summed E-state index contributed by atoms with van der Waals surface area (Å²) in [4.78, 5) is 12.8. The first kappa shape index (κ1) is 40.3. The first-order chi connectivity index (χ1) is 26.7. The number of aryl methyl sites for hydroxylation is 5. The van der Waals surface area contributed by atoms with Crippen molar-refractivity contribution in [2.24, 2.45) is 22.7 Å². The summed E-state index contributed by atoms with van der Waals surface area (Å²) >= 11 is 0. The second-order valence-corrected chi connectivity index (χ2v) is 19.5. The third kappa shape index (κ3) is 7.39. The van der Waals surface area contributed by atoms with Gasteiger partial charge in [0.2, 0.25) is 5.90 Å². The summed E-state index contributed by atoms with van der Waals surface area (Å²) in [6.07, 6.45) is 1.93. The fraction of sp³-hybridized carbons (Fsp3) is 0.423. The Hall–Kier alpha value is -4.90. The van der Waals surface area contributed by atoms with Gasteiger partial charge in [-0.3, -0.25) is 4.90 Å². The molecule has 0 radical (unpaired) electrons. The Bertz CT molecular complexity index is 2360. The van der Waals surface area contributed by atoms with Gasteiger partial charge in [-0.2, -0.15) is 0 Å². The zero-order valence-electron chi connectivity index (χ0n) is 37.1. The van der Waals surface area contributed by atoms with Crippen LogP contribution in [0.4, 0.5) is 17.2 Å². The van der Waals surface area contributed by atoms with Gasteiger partial charge in [0.05, 0.1) is 16.9 Å². The summed E-state index contributed by atoms with van der Waals surface area (Å²) in [5.74, 6) is 4.48. The normalized spacial score (nSPS) is 17.5. The van der Waals surface area contributed by atoms with Gasteiger partial charge in [0.1, 0.15) is 23.9 Å². The van der Waals surface area contributed by atoms with Crippen LogP contribution in [-0.4, -0.2) is 23.0 Å². The van der Waals surface area contributed by atoms with E-state index in [9.17, 15) is 0 Å². The lowest BCUT2D eigenvalue weighted by atomic mass is 9.71. The van der Waals surface area contributed by atoms with E-state index in [1.165, 1.54) is 44.5 Å². The first-order valence-corrected chi connectivity index (χ1v) is 20.8. The smallest absolute Gasteiger partial charge is 0.216 e. The number of pyridine rings is 1. The van der Waals surface area contributed by atoms with Gasteiger partial charge in [0.25, 0.3) is 0 Å².